The Kier molecular flexibility index (Phi) is 9.49. The third-order valence-electron chi connectivity index (χ3n) is 12.1. The summed E-state index contributed by atoms with van der Waals surface area (Å²) in [5, 5.41) is 9.64. The predicted molar refractivity (Wildman–Crippen MR) is 214 cm³/mol. The smallest absolute Gasteiger partial charge is 0.238 e. The van der Waals surface area contributed by atoms with Crippen molar-refractivity contribution in [3.63, 3.8) is 0 Å². The molecule has 10 nitrogen and oxygen atoms in total. The number of imide groups is 2. The highest BCUT2D eigenvalue weighted by Crippen LogP contribution is 2.59. The average Bonchev–Trinajstić information content (AvgIpc) is 3.68. The fourth-order valence-electron chi connectivity index (χ4n) is 9.51. The van der Waals surface area contributed by atoms with Crippen LogP contribution in [0, 0.1) is 29.6 Å². The molecule has 2 aliphatic carbocycles. The first-order valence-corrected chi connectivity index (χ1v) is 19.4. The van der Waals surface area contributed by atoms with Gasteiger partial charge in [0.1, 0.15) is 12.4 Å². The number of nitrogens with zero attached hydrogens (tertiary/aromatic N) is 2. The largest absolute Gasteiger partial charge is 0.491 e. The molecule has 2 aliphatic heterocycles. The summed E-state index contributed by atoms with van der Waals surface area (Å²) in [7, 11) is 0. The van der Waals surface area contributed by atoms with E-state index in [2.05, 4.69) is 0 Å². The zero-order valence-electron chi connectivity index (χ0n) is 31.3. The highest BCUT2D eigenvalue weighted by molar-refractivity contribution is 6.24. The Hall–Kier alpha value is -6.78. The standard InChI is InChI=1S/C48H38N2O8/c51-25-26-58-39-14-8-7-13-35(39)40-34-23-24-36-41(47(56)49(45(36)54)32-19-15-30(16-20-32)43(52)28-9-3-1-4-10-28)37(34)27-38-42(40)48(57)50(46(38)55)33-21-17-31(18-22-33)44(53)29-11-5-2-6-12-29/h1-23,36-38,40-42,51H,24-27H2. The molecule has 58 heavy (non-hydrogen) atoms. The number of benzene rings is 5. The summed E-state index contributed by atoms with van der Waals surface area (Å²) in [5.74, 6) is -5.80. The zero-order chi connectivity index (χ0) is 40.1. The number of anilines is 2. The van der Waals surface area contributed by atoms with Gasteiger partial charge in [-0.3, -0.25) is 38.6 Å². The molecule has 0 bridgehead atoms. The molecule has 1 N–H and O–H groups in total. The molecule has 10 heteroatoms. The van der Waals surface area contributed by atoms with Crippen LogP contribution in [0.1, 0.15) is 56.2 Å². The van der Waals surface area contributed by atoms with Crippen molar-refractivity contribution in [1.29, 1.82) is 0 Å². The van der Waals surface area contributed by atoms with E-state index >= 15 is 0 Å². The topological polar surface area (TPSA) is 138 Å². The molecule has 2 heterocycles. The number of aliphatic hydroxyl groups is 1. The molecule has 4 aliphatic rings. The number of ketones is 2. The minimum absolute atomic E-state index is 0.00966. The van der Waals surface area contributed by atoms with Crippen LogP contribution in [-0.2, 0) is 19.2 Å². The summed E-state index contributed by atoms with van der Waals surface area (Å²) in [6, 6.07) is 37.8. The second-order valence-electron chi connectivity index (χ2n) is 15.1. The predicted octanol–water partition coefficient (Wildman–Crippen LogP) is 6.56. The summed E-state index contributed by atoms with van der Waals surface area (Å²) in [6.07, 6.45) is 2.41. The van der Waals surface area contributed by atoms with Crippen molar-refractivity contribution in [3.05, 3.63) is 173 Å². The van der Waals surface area contributed by atoms with E-state index in [4.69, 9.17) is 4.74 Å². The Balaban J connectivity index is 1.06. The molecule has 6 atom stereocenters. The van der Waals surface area contributed by atoms with E-state index in [0.29, 0.717) is 44.9 Å². The number of hydrogen-bond acceptors (Lipinski definition) is 8. The Morgan fingerprint density at radius 3 is 1.59 bits per heavy atom. The van der Waals surface area contributed by atoms with Crippen LogP contribution in [0.3, 0.4) is 0 Å². The van der Waals surface area contributed by atoms with Crippen LogP contribution >= 0.6 is 0 Å². The maximum Gasteiger partial charge on any atom is 0.238 e. The highest BCUT2D eigenvalue weighted by Gasteiger charge is 2.62. The van der Waals surface area contributed by atoms with Gasteiger partial charge in [-0.1, -0.05) is 90.5 Å². The summed E-state index contributed by atoms with van der Waals surface area (Å²) >= 11 is 0. The normalized spacial score (nSPS) is 23.6. The first kappa shape index (κ1) is 36.8. The molecule has 9 rings (SSSR count). The van der Waals surface area contributed by atoms with E-state index in [1.54, 1.807) is 109 Å². The van der Waals surface area contributed by atoms with Crippen LogP contribution in [0.15, 0.2) is 145 Å². The maximum absolute atomic E-state index is 14.7. The molecular formula is C48H38N2O8. The number of aliphatic hydroxyl groups excluding tert-OH is 1. The molecule has 5 aromatic carbocycles. The van der Waals surface area contributed by atoms with Crippen molar-refractivity contribution in [2.45, 2.75) is 18.8 Å². The SMILES string of the molecule is O=C(c1ccccc1)c1ccc(N2C(=O)C3CC=C4C(CC5C(=O)N(c6ccc(C(=O)c7ccccc7)cc6)C(=O)C5C4c4ccccc4OCCO)C3C2=O)cc1. The Bertz CT molecular complexity index is 2500. The van der Waals surface area contributed by atoms with Gasteiger partial charge >= 0.3 is 0 Å². The molecule has 2 saturated heterocycles. The Morgan fingerprint density at radius 1 is 0.552 bits per heavy atom. The van der Waals surface area contributed by atoms with Crippen LogP contribution in [0.25, 0.3) is 0 Å². The highest BCUT2D eigenvalue weighted by atomic mass is 16.5. The number of para-hydroxylation sites is 1. The van der Waals surface area contributed by atoms with Crippen LogP contribution < -0.4 is 14.5 Å². The molecule has 0 radical (unpaired) electrons. The zero-order valence-corrected chi connectivity index (χ0v) is 31.3. The van der Waals surface area contributed by atoms with Gasteiger partial charge in [0.25, 0.3) is 0 Å². The molecule has 1 saturated carbocycles. The molecule has 6 unspecified atom stereocenters. The van der Waals surface area contributed by atoms with Gasteiger partial charge in [-0.15, -0.1) is 0 Å². The van der Waals surface area contributed by atoms with Crippen LogP contribution in [-0.4, -0.2) is 53.5 Å². The lowest BCUT2D eigenvalue weighted by molar-refractivity contribution is -0.126. The first-order valence-electron chi connectivity index (χ1n) is 19.4. The number of carbonyl (C=O) groups excluding carboxylic acids is 6. The lowest BCUT2D eigenvalue weighted by Crippen LogP contribution is -2.43. The second-order valence-corrected chi connectivity index (χ2v) is 15.1. The average molecular weight is 771 g/mol. The minimum atomic E-state index is -0.839. The van der Waals surface area contributed by atoms with Crippen LogP contribution in [0.4, 0.5) is 11.4 Å². The summed E-state index contributed by atoms with van der Waals surface area (Å²) in [6.45, 7) is -0.225. The van der Waals surface area contributed by atoms with Gasteiger partial charge in [0.05, 0.1) is 41.7 Å². The molecule has 288 valence electrons. The van der Waals surface area contributed by atoms with E-state index in [9.17, 15) is 33.9 Å². The monoisotopic (exact) mass is 770 g/mol. The van der Waals surface area contributed by atoms with Crippen molar-refractivity contribution < 1.29 is 38.6 Å². The number of ether oxygens (including phenoxy) is 1. The van der Waals surface area contributed by atoms with Gasteiger partial charge in [0, 0.05) is 33.7 Å². The van der Waals surface area contributed by atoms with Crippen molar-refractivity contribution >= 4 is 46.6 Å². The van der Waals surface area contributed by atoms with Gasteiger partial charge < -0.3 is 9.84 Å². The third-order valence-corrected chi connectivity index (χ3v) is 12.1. The first-order chi connectivity index (χ1) is 28.3. The molecule has 4 amide bonds. The van der Waals surface area contributed by atoms with Crippen molar-refractivity contribution in [2.75, 3.05) is 23.0 Å². The van der Waals surface area contributed by atoms with Gasteiger partial charge in [0.15, 0.2) is 11.6 Å². The van der Waals surface area contributed by atoms with Crippen molar-refractivity contribution in [2.24, 2.45) is 29.6 Å². The minimum Gasteiger partial charge on any atom is -0.491 e. The van der Waals surface area contributed by atoms with Crippen molar-refractivity contribution in [3.8, 4) is 5.75 Å². The van der Waals surface area contributed by atoms with E-state index in [1.807, 2.05) is 30.3 Å². The summed E-state index contributed by atoms with van der Waals surface area (Å²) < 4.78 is 6.00. The molecular weight excluding hydrogens is 733 g/mol. The number of rotatable bonds is 10. The van der Waals surface area contributed by atoms with Gasteiger partial charge in [-0.25, -0.2) is 0 Å². The third kappa shape index (κ3) is 6.08. The molecule has 0 spiro atoms. The number of amides is 4. The van der Waals surface area contributed by atoms with Gasteiger partial charge in [-0.2, -0.15) is 0 Å². The van der Waals surface area contributed by atoms with Crippen LogP contribution in [0.5, 0.6) is 5.75 Å². The van der Waals surface area contributed by atoms with Crippen LogP contribution in [0.2, 0.25) is 0 Å². The quantitative estimate of drug-likeness (QED) is 0.0958. The molecule has 3 fully saturated rings. The lowest BCUT2D eigenvalue weighted by atomic mass is 9.57. The number of fused-ring (bicyclic) bond motifs is 4. The van der Waals surface area contributed by atoms with E-state index in [-0.39, 0.29) is 49.4 Å². The summed E-state index contributed by atoms with van der Waals surface area (Å²) in [4.78, 5) is 86.7. The van der Waals surface area contributed by atoms with E-state index in [0.717, 1.165) is 5.57 Å². The molecule has 0 aromatic heterocycles. The molecule has 5 aromatic rings. The number of carbonyl (C=O) groups is 6. The lowest BCUT2D eigenvalue weighted by Gasteiger charge is -2.44. The fourth-order valence-corrected chi connectivity index (χ4v) is 9.51. The summed E-state index contributed by atoms with van der Waals surface area (Å²) in [5.41, 5.74) is 4.02. The number of allylic oxidation sites excluding steroid dienone is 2. The van der Waals surface area contributed by atoms with Gasteiger partial charge in [-0.05, 0) is 73.4 Å². The van der Waals surface area contributed by atoms with Gasteiger partial charge in [0.2, 0.25) is 23.6 Å². The Labute approximate surface area is 334 Å². The van der Waals surface area contributed by atoms with E-state index < -0.39 is 47.3 Å². The van der Waals surface area contributed by atoms with Crippen molar-refractivity contribution in [1.82, 2.24) is 0 Å². The fraction of sp³-hybridized carbons (Fsp3) is 0.208. The number of hydrogen-bond donors (Lipinski definition) is 1. The van der Waals surface area contributed by atoms with E-state index in [1.165, 1.54) is 9.80 Å². The Morgan fingerprint density at radius 2 is 1.03 bits per heavy atom. The second kappa shape index (κ2) is 14.9. The maximum atomic E-state index is 14.7.